The Morgan fingerprint density at radius 3 is 2.42 bits per heavy atom. The van der Waals surface area contributed by atoms with Crippen molar-refractivity contribution in [2.45, 2.75) is 59.6 Å². The molecular weight excluding hydrogens is 338 g/mol. The third-order valence-electron chi connectivity index (χ3n) is 4.55. The summed E-state index contributed by atoms with van der Waals surface area (Å²) in [6.45, 7) is 9.48. The third kappa shape index (κ3) is 3.54. The first-order valence-corrected chi connectivity index (χ1v) is 8.45. The minimum atomic E-state index is -1.59. The van der Waals surface area contributed by atoms with Crippen molar-refractivity contribution in [2.75, 3.05) is 0 Å². The van der Waals surface area contributed by atoms with Crippen molar-refractivity contribution < 1.29 is 23.9 Å². The molecule has 2 amide bonds. The molecule has 0 spiro atoms. The Balaban J connectivity index is 2.56. The zero-order valence-corrected chi connectivity index (χ0v) is 15.9. The van der Waals surface area contributed by atoms with Crippen molar-refractivity contribution in [1.29, 1.82) is 0 Å². The molecule has 0 aromatic heterocycles. The lowest BCUT2D eigenvalue weighted by molar-refractivity contribution is -0.154. The van der Waals surface area contributed by atoms with E-state index in [0.29, 0.717) is 6.42 Å². The Kier molecular flexibility index (Phi) is 5.07. The first kappa shape index (κ1) is 19.8. The maximum Gasteiger partial charge on any atom is 0.303 e. The molecule has 0 fully saturated rings. The molecule has 2 aliphatic rings. The Bertz CT molecular complexity index is 732. The molecule has 0 aromatic carbocycles. The number of ketones is 1. The molecule has 2 rings (SSSR count). The summed E-state index contributed by atoms with van der Waals surface area (Å²) in [5, 5.41) is 5.10. The number of hydrogen-bond donors (Lipinski definition) is 2. The van der Waals surface area contributed by atoms with Gasteiger partial charge in [0.25, 0.3) is 0 Å². The number of esters is 1. The van der Waals surface area contributed by atoms with Gasteiger partial charge in [0.05, 0.1) is 5.92 Å². The molecule has 1 aliphatic heterocycles. The largest absolute Gasteiger partial charge is 0.455 e. The molecule has 142 valence electrons. The van der Waals surface area contributed by atoms with Gasteiger partial charge >= 0.3 is 5.97 Å². The highest BCUT2D eigenvalue weighted by molar-refractivity contribution is 6.11. The van der Waals surface area contributed by atoms with Crippen LogP contribution >= 0.6 is 0 Å². The molecule has 2 N–H and O–H groups in total. The number of carbonyl (C=O) groups excluding carboxylic acids is 4. The number of fused-ring (bicyclic) bond motifs is 1. The summed E-state index contributed by atoms with van der Waals surface area (Å²) >= 11 is 0. The van der Waals surface area contributed by atoms with Crippen LogP contribution in [-0.4, -0.2) is 41.2 Å². The van der Waals surface area contributed by atoms with Gasteiger partial charge in [-0.25, -0.2) is 4.99 Å². The second kappa shape index (κ2) is 6.66. The summed E-state index contributed by atoms with van der Waals surface area (Å²) in [7, 11) is 0. The number of aliphatic imine (C=N–C) groups is 1. The molecule has 8 nitrogen and oxygen atoms in total. The molecule has 0 unspecified atom stereocenters. The average molecular weight is 363 g/mol. The van der Waals surface area contributed by atoms with Crippen molar-refractivity contribution in [3.63, 3.8) is 0 Å². The molecular formula is C18H25N3O5. The summed E-state index contributed by atoms with van der Waals surface area (Å²) in [5.41, 5.74) is -1.48. The van der Waals surface area contributed by atoms with Crippen LogP contribution in [0.2, 0.25) is 0 Å². The number of hydrogen-bond acceptors (Lipinski definition) is 6. The van der Waals surface area contributed by atoms with Gasteiger partial charge in [0.15, 0.2) is 17.4 Å². The van der Waals surface area contributed by atoms with E-state index in [4.69, 9.17) is 4.74 Å². The molecule has 1 aliphatic carbocycles. The Labute approximate surface area is 152 Å². The summed E-state index contributed by atoms with van der Waals surface area (Å²) in [6, 6.07) is 0. The van der Waals surface area contributed by atoms with E-state index in [1.165, 1.54) is 13.8 Å². The Hall–Kier alpha value is -2.51. The maximum absolute atomic E-state index is 12.7. The maximum atomic E-state index is 12.7. The first-order valence-electron chi connectivity index (χ1n) is 8.45. The minimum absolute atomic E-state index is 0.105. The highest BCUT2D eigenvalue weighted by Crippen LogP contribution is 2.41. The summed E-state index contributed by atoms with van der Waals surface area (Å²) in [6.07, 6.45) is 0.946. The van der Waals surface area contributed by atoms with E-state index in [9.17, 15) is 19.2 Å². The molecule has 3 atom stereocenters. The average Bonchev–Trinajstić information content (AvgIpc) is 2.46. The monoisotopic (exact) mass is 363 g/mol. The van der Waals surface area contributed by atoms with Crippen LogP contribution in [-0.2, 0) is 23.9 Å². The van der Waals surface area contributed by atoms with Crippen molar-refractivity contribution >= 4 is 29.5 Å². The van der Waals surface area contributed by atoms with Gasteiger partial charge in [0, 0.05) is 12.3 Å². The standard InChI is InChI=1S/C18H25N3O5/c1-9-7-12-14(24)19-16(20-15(25)17(4,5)6)21-18(12,10(2)22)13(8-9)26-11(3)23/h8,12-13H,7H2,1-6H3,(H2,19,20,21,24,25)/t12-,13-,18+/m1/s1. The lowest BCUT2D eigenvalue weighted by Gasteiger charge is -2.44. The first-order chi connectivity index (χ1) is 11.9. The molecule has 0 bridgehead atoms. The number of ether oxygens (including phenoxy) is 1. The number of nitrogens with one attached hydrogen (secondary N) is 2. The van der Waals surface area contributed by atoms with Gasteiger partial charge < -0.3 is 4.74 Å². The second-order valence-corrected chi connectivity index (χ2v) is 7.84. The fourth-order valence-electron chi connectivity index (χ4n) is 3.16. The minimum Gasteiger partial charge on any atom is -0.455 e. The molecule has 0 saturated carbocycles. The van der Waals surface area contributed by atoms with Gasteiger partial charge in [-0.1, -0.05) is 26.3 Å². The highest BCUT2D eigenvalue weighted by Gasteiger charge is 2.58. The number of Topliss-reactive ketones (excluding diaryl/α,β-unsaturated/α-hetero) is 1. The molecule has 8 heteroatoms. The molecule has 0 saturated heterocycles. The SMILES string of the molecule is CC(=O)O[C@@H]1C=C(C)C[C@@H]2C(=O)NC(NC(=O)C(C)(C)C)=N[C@@]21C(C)=O. The molecule has 0 aromatic rings. The predicted molar refractivity (Wildman–Crippen MR) is 94.0 cm³/mol. The lowest BCUT2D eigenvalue weighted by atomic mass is 9.68. The predicted octanol–water partition coefficient (Wildman–Crippen LogP) is 0.860. The van der Waals surface area contributed by atoms with Gasteiger partial charge in [-0.15, -0.1) is 0 Å². The molecule has 1 heterocycles. The zero-order chi connectivity index (χ0) is 19.9. The van der Waals surface area contributed by atoms with E-state index >= 15 is 0 Å². The van der Waals surface area contributed by atoms with Crippen LogP contribution in [0.5, 0.6) is 0 Å². The van der Waals surface area contributed by atoms with Gasteiger partial charge in [-0.2, -0.15) is 0 Å². The van der Waals surface area contributed by atoms with E-state index in [2.05, 4.69) is 15.6 Å². The van der Waals surface area contributed by atoms with Crippen LogP contribution in [0.3, 0.4) is 0 Å². The van der Waals surface area contributed by atoms with Gasteiger partial charge in [0.2, 0.25) is 17.8 Å². The highest BCUT2D eigenvalue weighted by atomic mass is 16.5. The second-order valence-electron chi connectivity index (χ2n) is 7.84. The lowest BCUT2D eigenvalue weighted by Crippen LogP contribution is -2.66. The number of rotatable bonds is 2. The number of allylic oxidation sites excluding steroid dienone is 1. The van der Waals surface area contributed by atoms with Crippen molar-refractivity contribution in [3.05, 3.63) is 11.6 Å². The number of guanidine groups is 1. The van der Waals surface area contributed by atoms with Crippen molar-refractivity contribution in [3.8, 4) is 0 Å². The fraction of sp³-hybridized carbons (Fsp3) is 0.611. The quantitative estimate of drug-likeness (QED) is 0.558. The number of carbonyl (C=O) groups is 4. The van der Waals surface area contributed by atoms with Gasteiger partial charge in [0.1, 0.15) is 0 Å². The Morgan fingerprint density at radius 1 is 1.31 bits per heavy atom. The van der Waals surface area contributed by atoms with E-state index in [0.717, 1.165) is 5.57 Å². The van der Waals surface area contributed by atoms with E-state index in [1.807, 2.05) is 0 Å². The zero-order valence-electron chi connectivity index (χ0n) is 15.9. The van der Waals surface area contributed by atoms with E-state index in [-0.39, 0.29) is 11.9 Å². The van der Waals surface area contributed by atoms with E-state index in [1.54, 1.807) is 33.8 Å². The smallest absolute Gasteiger partial charge is 0.303 e. The van der Waals surface area contributed by atoms with Gasteiger partial charge in [-0.3, -0.25) is 29.8 Å². The summed E-state index contributed by atoms with van der Waals surface area (Å²) in [4.78, 5) is 53.5. The number of nitrogens with zero attached hydrogens (tertiary/aromatic N) is 1. The van der Waals surface area contributed by atoms with Crippen molar-refractivity contribution in [1.82, 2.24) is 10.6 Å². The van der Waals surface area contributed by atoms with Crippen LogP contribution in [0.4, 0.5) is 0 Å². The van der Waals surface area contributed by atoms with Crippen LogP contribution in [0, 0.1) is 11.3 Å². The van der Waals surface area contributed by atoms with Crippen LogP contribution in [0.15, 0.2) is 16.6 Å². The van der Waals surface area contributed by atoms with Crippen LogP contribution < -0.4 is 10.6 Å². The number of amides is 2. The van der Waals surface area contributed by atoms with Crippen LogP contribution in [0.1, 0.15) is 48.0 Å². The molecule has 0 radical (unpaired) electrons. The van der Waals surface area contributed by atoms with Crippen LogP contribution in [0.25, 0.3) is 0 Å². The topological polar surface area (TPSA) is 114 Å². The van der Waals surface area contributed by atoms with Gasteiger partial charge in [-0.05, 0) is 26.3 Å². The third-order valence-corrected chi connectivity index (χ3v) is 4.55. The van der Waals surface area contributed by atoms with E-state index < -0.39 is 40.6 Å². The summed E-state index contributed by atoms with van der Waals surface area (Å²) < 4.78 is 5.33. The molecule has 26 heavy (non-hydrogen) atoms. The Morgan fingerprint density at radius 2 is 1.92 bits per heavy atom. The van der Waals surface area contributed by atoms with Crippen molar-refractivity contribution in [2.24, 2.45) is 16.3 Å². The normalized spacial score (nSPS) is 28.2. The fourth-order valence-corrected chi connectivity index (χ4v) is 3.16. The summed E-state index contributed by atoms with van der Waals surface area (Å²) in [5.74, 6) is -2.71.